The van der Waals surface area contributed by atoms with Crippen LogP contribution in [-0.2, 0) is 9.63 Å². The predicted octanol–water partition coefficient (Wildman–Crippen LogP) is 3.43. The zero-order chi connectivity index (χ0) is 21.2. The fraction of sp³-hybridized carbons (Fsp3) is 0.381. The highest BCUT2D eigenvalue weighted by molar-refractivity contribution is 9.10. The molecule has 2 unspecified atom stereocenters. The molecular formula is C21H22BrN3O4. The van der Waals surface area contributed by atoms with Crippen molar-refractivity contribution in [2.75, 3.05) is 14.2 Å². The molecule has 0 saturated heterocycles. The molecule has 2 atom stereocenters. The van der Waals surface area contributed by atoms with E-state index in [1.807, 2.05) is 19.1 Å². The fourth-order valence-electron chi connectivity index (χ4n) is 3.28. The fourth-order valence-corrected chi connectivity index (χ4v) is 3.62. The van der Waals surface area contributed by atoms with E-state index in [9.17, 15) is 4.79 Å². The number of halogens is 1. The maximum Gasteiger partial charge on any atom is 0.268 e. The van der Waals surface area contributed by atoms with Gasteiger partial charge in [-0.05, 0) is 41.4 Å². The number of pyridine rings is 1. The third kappa shape index (κ3) is 3.75. The summed E-state index contributed by atoms with van der Waals surface area (Å²) in [7, 11) is 3.11. The second-order valence-electron chi connectivity index (χ2n) is 6.73. The second-order valence-corrected chi connectivity index (χ2v) is 7.65. The van der Waals surface area contributed by atoms with Gasteiger partial charge in [0, 0.05) is 28.0 Å². The summed E-state index contributed by atoms with van der Waals surface area (Å²) in [6.45, 7) is 3.61. The van der Waals surface area contributed by atoms with Crippen molar-refractivity contribution < 1.29 is 19.1 Å². The Morgan fingerprint density at radius 3 is 2.76 bits per heavy atom. The monoisotopic (exact) mass is 459 g/mol. The van der Waals surface area contributed by atoms with Crippen LogP contribution in [0, 0.1) is 12.3 Å². The quantitative estimate of drug-likeness (QED) is 0.669. The highest BCUT2D eigenvalue weighted by Crippen LogP contribution is 2.41. The number of carbonyl (C=O) groups is 1. The van der Waals surface area contributed by atoms with E-state index in [0.29, 0.717) is 34.7 Å². The van der Waals surface area contributed by atoms with Crippen molar-refractivity contribution in [1.29, 1.82) is 0 Å². The lowest BCUT2D eigenvalue weighted by Gasteiger charge is -2.25. The highest BCUT2D eigenvalue weighted by Gasteiger charge is 2.46. The molecule has 1 N–H and O–H groups in total. The van der Waals surface area contributed by atoms with E-state index in [1.165, 1.54) is 0 Å². The average Bonchev–Trinajstić information content (AvgIpc) is 3.17. The van der Waals surface area contributed by atoms with Crippen molar-refractivity contribution in [1.82, 2.24) is 10.3 Å². The molecule has 0 radical (unpaired) electrons. The van der Waals surface area contributed by atoms with Gasteiger partial charge >= 0.3 is 0 Å². The first kappa shape index (κ1) is 20.9. The number of aromatic nitrogens is 1. The van der Waals surface area contributed by atoms with Gasteiger partial charge in [0.05, 0.1) is 26.0 Å². The van der Waals surface area contributed by atoms with E-state index in [0.717, 1.165) is 9.86 Å². The van der Waals surface area contributed by atoms with Gasteiger partial charge in [0.25, 0.3) is 5.91 Å². The van der Waals surface area contributed by atoms with Gasteiger partial charge in [-0.25, -0.2) is 0 Å². The number of hydrogen-bond donors (Lipinski definition) is 1. The molecule has 0 fully saturated rings. The van der Waals surface area contributed by atoms with Crippen molar-refractivity contribution in [2.45, 2.75) is 38.3 Å². The van der Waals surface area contributed by atoms with E-state index in [1.54, 1.807) is 27.3 Å². The minimum absolute atomic E-state index is 0.277. The number of amides is 1. The Hall–Kier alpha value is -2.79. The lowest BCUT2D eigenvalue weighted by atomic mass is 9.89. The number of rotatable bonds is 6. The van der Waals surface area contributed by atoms with Crippen molar-refractivity contribution in [3.8, 4) is 23.8 Å². The van der Waals surface area contributed by atoms with E-state index >= 15 is 0 Å². The van der Waals surface area contributed by atoms with Crippen molar-refractivity contribution in [3.63, 3.8) is 0 Å². The number of terminal acetylenes is 1. The zero-order valence-corrected chi connectivity index (χ0v) is 18.3. The smallest absolute Gasteiger partial charge is 0.268 e. The van der Waals surface area contributed by atoms with Gasteiger partial charge in [-0.3, -0.25) is 9.78 Å². The van der Waals surface area contributed by atoms with Gasteiger partial charge < -0.3 is 19.6 Å². The molecule has 7 nitrogen and oxygen atoms in total. The van der Waals surface area contributed by atoms with Gasteiger partial charge in [0.1, 0.15) is 5.52 Å². The molecule has 2 heterocycles. The Balaban J connectivity index is 2.05. The number of methoxy groups -OCH3 is 2. The Morgan fingerprint density at radius 1 is 1.41 bits per heavy atom. The van der Waals surface area contributed by atoms with Gasteiger partial charge in [0.2, 0.25) is 5.60 Å². The lowest BCUT2D eigenvalue weighted by molar-refractivity contribution is -0.144. The van der Waals surface area contributed by atoms with E-state index in [4.69, 9.17) is 20.7 Å². The number of hydrogen-bond acceptors (Lipinski definition) is 6. The van der Waals surface area contributed by atoms with Crippen molar-refractivity contribution in [2.24, 2.45) is 5.16 Å². The van der Waals surface area contributed by atoms with Crippen LogP contribution in [0.25, 0.3) is 10.9 Å². The van der Waals surface area contributed by atoms with Crippen LogP contribution in [0.1, 0.15) is 32.3 Å². The average molecular weight is 460 g/mol. The molecule has 1 aliphatic rings. The number of fused-ring (bicyclic) bond motifs is 1. The summed E-state index contributed by atoms with van der Waals surface area (Å²) in [5.41, 5.74) is 0.818. The molecule has 1 aromatic carbocycles. The first-order valence-electron chi connectivity index (χ1n) is 9.11. The normalized spacial score (nSPS) is 19.1. The van der Waals surface area contributed by atoms with Crippen LogP contribution in [0.4, 0.5) is 0 Å². The SMILES string of the molecule is C#CC(C)NC(=O)C1(CC)CC(c2cc3cc(Br)cnc3c(OC)c2OC)=NO1. The van der Waals surface area contributed by atoms with Crippen molar-refractivity contribution >= 4 is 38.5 Å². The minimum atomic E-state index is -1.12. The Bertz CT molecular complexity index is 1030. The summed E-state index contributed by atoms with van der Waals surface area (Å²) in [6, 6.07) is 3.43. The number of carbonyl (C=O) groups excluding carboxylic acids is 1. The number of oxime groups is 1. The summed E-state index contributed by atoms with van der Waals surface area (Å²) in [5, 5.41) is 7.85. The third-order valence-corrected chi connectivity index (χ3v) is 5.37. The summed E-state index contributed by atoms with van der Waals surface area (Å²) >= 11 is 3.44. The summed E-state index contributed by atoms with van der Waals surface area (Å²) in [4.78, 5) is 22.9. The lowest BCUT2D eigenvalue weighted by Crippen LogP contribution is -2.49. The summed E-state index contributed by atoms with van der Waals surface area (Å²) in [6.07, 6.45) is 7.79. The van der Waals surface area contributed by atoms with Gasteiger partial charge in [-0.1, -0.05) is 18.0 Å². The van der Waals surface area contributed by atoms with Crippen LogP contribution in [0.3, 0.4) is 0 Å². The molecule has 1 aromatic heterocycles. The van der Waals surface area contributed by atoms with Gasteiger partial charge in [0.15, 0.2) is 11.5 Å². The molecule has 1 aliphatic heterocycles. The molecule has 0 bridgehead atoms. The van der Waals surface area contributed by atoms with Gasteiger partial charge in [-0.15, -0.1) is 6.42 Å². The second kappa shape index (κ2) is 8.29. The Kier molecular flexibility index (Phi) is 5.99. The molecule has 8 heteroatoms. The molecule has 152 valence electrons. The first-order valence-corrected chi connectivity index (χ1v) is 9.91. The molecule has 1 amide bonds. The number of ether oxygens (including phenoxy) is 2. The predicted molar refractivity (Wildman–Crippen MR) is 114 cm³/mol. The topological polar surface area (TPSA) is 82.0 Å². The third-order valence-electron chi connectivity index (χ3n) is 4.93. The van der Waals surface area contributed by atoms with E-state index in [2.05, 4.69) is 37.3 Å². The van der Waals surface area contributed by atoms with Crippen LogP contribution in [0.5, 0.6) is 11.5 Å². The van der Waals surface area contributed by atoms with Crippen LogP contribution in [-0.4, -0.2) is 42.5 Å². The van der Waals surface area contributed by atoms with Crippen LogP contribution in [0.2, 0.25) is 0 Å². The Morgan fingerprint density at radius 2 is 2.14 bits per heavy atom. The minimum Gasteiger partial charge on any atom is -0.492 e. The maximum absolute atomic E-state index is 12.8. The highest BCUT2D eigenvalue weighted by atomic mass is 79.9. The molecule has 0 spiro atoms. The summed E-state index contributed by atoms with van der Waals surface area (Å²) in [5.74, 6) is 3.18. The number of nitrogens with zero attached hydrogens (tertiary/aromatic N) is 2. The maximum atomic E-state index is 12.8. The van der Waals surface area contributed by atoms with Crippen LogP contribution >= 0.6 is 15.9 Å². The molecule has 29 heavy (non-hydrogen) atoms. The molecule has 3 rings (SSSR count). The van der Waals surface area contributed by atoms with Gasteiger partial charge in [-0.2, -0.15) is 0 Å². The number of nitrogens with one attached hydrogen (secondary N) is 1. The molecule has 0 saturated carbocycles. The Labute approximate surface area is 177 Å². The van der Waals surface area contributed by atoms with Crippen LogP contribution < -0.4 is 14.8 Å². The molecule has 0 aliphatic carbocycles. The molecule has 2 aromatic rings. The zero-order valence-electron chi connectivity index (χ0n) is 16.7. The summed E-state index contributed by atoms with van der Waals surface area (Å²) < 4.78 is 12.0. The van der Waals surface area contributed by atoms with Crippen LogP contribution in [0.15, 0.2) is 28.0 Å². The van der Waals surface area contributed by atoms with E-state index in [-0.39, 0.29) is 12.3 Å². The molecular weight excluding hydrogens is 438 g/mol. The first-order chi connectivity index (χ1) is 13.9. The van der Waals surface area contributed by atoms with Crippen molar-refractivity contribution in [3.05, 3.63) is 28.4 Å². The number of benzene rings is 1. The largest absolute Gasteiger partial charge is 0.492 e. The standard InChI is InChI=1S/C21H22BrN3O4/c1-6-12(3)24-20(26)21(7-2)10-16(25-29-21)15-9-13-8-14(22)11-23-17(13)19(28-5)18(15)27-4/h1,8-9,11-12H,7,10H2,2-5H3,(H,24,26). The van der Waals surface area contributed by atoms with E-state index < -0.39 is 11.6 Å².